The highest BCUT2D eigenvalue weighted by Gasteiger charge is 2.15. The number of amides is 2. The summed E-state index contributed by atoms with van der Waals surface area (Å²) in [6.07, 6.45) is 0. The van der Waals surface area contributed by atoms with Gasteiger partial charge in [-0.3, -0.25) is 0 Å². The van der Waals surface area contributed by atoms with Crippen LogP contribution in [-0.4, -0.2) is 45.7 Å². The lowest BCUT2D eigenvalue weighted by Crippen LogP contribution is -2.36. The molecule has 2 aromatic rings. The van der Waals surface area contributed by atoms with Gasteiger partial charge in [0, 0.05) is 32.0 Å². The van der Waals surface area contributed by atoms with Crippen LogP contribution >= 0.6 is 0 Å². The average molecular weight is 326 g/mol. The van der Waals surface area contributed by atoms with Crippen LogP contribution < -0.4 is 15.5 Å². The quantitative estimate of drug-likeness (QED) is 0.857. The Bertz CT molecular complexity index is 638. The van der Waals surface area contributed by atoms with Gasteiger partial charge >= 0.3 is 6.03 Å². The van der Waals surface area contributed by atoms with Crippen LogP contribution in [0.15, 0.2) is 54.6 Å². The molecule has 1 atom stereocenters. The van der Waals surface area contributed by atoms with E-state index in [9.17, 15) is 4.79 Å². The van der Waals surface area contributed by atoms with Crippen molar-refractivity contribution < 1.29 is 4.79 Å². The fourth-order valence-electron chi connectivity index (χ4n) is 2.48. The molecule has 5 nitrogen and oxygen atoms in total. The van der Waals surface area contributed by atoms with Gasteiger partial charge in [0.15, 0.2) is 0 Å². The number of anilines is 2. The van der Waals surface area contributed by atoms with Crippen LogP contribution in [0, 0.1) is 0 Å². The molecular formula is C19H26N4O. The number of nitrogens with one attached hydrogen (secondary N) is 2. The molecule has 0 aliphatic heterocycles. The summed E-state index contributed by atoms with van der Waals surface area (Å²) >= 11 is 0. The highest BCUT2D eigenvalue weighted by molar-refractivity contribution is 5.89. The van der Waals surface area contributed by atoms with Gasteiger partial charge in [-0.15, -0.1) is 0 Å². The zero-order valence-electron chi connectivity index (χ0n) is 14.8. The molecular weight excluding hydrogens is 300 g/mol. The van der Waals surface area contributed by atoms with Gasteiger partial charge in [-0.1, -0.05) is 30.3 Å². The van der Waals surface area contributed by atoms with E-state index in [0.29, 0.717) is 6.54 Å². The minimum absolute atomic E-state index is 0.114. The maximum Gasteiger partial charge on any atom is 0.319 e. The van der Waals surface area contributed by atoms with Gasteiger partial charge in [0.2, 0.25) is 0 Å². The van der Waals surface area contributed by atoms with E-state index >= 15 is 0 Å². The highest BCUT2D eigenvalue weighted by Crippen LogP contribution is 2.21. The number of nitrogens with zero attached hydrogens (tertiary/aromatic N) is 2. The van der Waals surface area contributed by atoms with Crippen LogP contribution in [-0.2, 0) is 0 Å². The van der Waals surface area contributed by atoms with Gasteiger partial charge in [-0.2, -0.15) is 0 Å². The van der Waals surface area contributed by atoms with Crippen LogP contribution in [0.3, 0.4) is 0 Å². The Hall–Kier alpha value is -2.53. The van der Waals surface area contributed by atoms with Gasteiger partial charge in [-0.25, -0.2) is 4.79 Å². The molecule has 128 valence electrons. The van der Waals surface area contributed by atoms with Crippen molar-refractivity contribution in [1.29, 1.82) is 0 Å². The molecule has 2 rings (SSSR count). The molecule has 2 amide bonds. The van der Waals surface area contributed by atoms with Crippen LogP contribution in [0.4, 0.5) is 16.2 Å². The summed E-state index contributed by atoms with van der Waals surface area (Å²) in [5.41, 5.74) is 3.11. The summed E-state index contributed by atoms with van der Waals surface area (Å²) in [5.74, 6) is 0. The molecule has 0 heterocycles. The lowest BCUT2D eigenvalue weighted by Gasteiger charge is -2.26. The van der Waals surface area contributed by atoms with E-state index in [1.165, 1.54) is 5.56 Å². The van der Waals surface area contributed by atoms with Gasteiger partial charge in [-0.05, 0) is 43.9 Å². The van der Waals surface area contributed by atoms with Crippen molar-refractivity contribution in [2.24, 2.45) is 0 Å². The molecule has 5 heteroatoms. The molecule has 2 N–H and O–H groups in total. The van der Waals surface area contributed by atoms with Crippen molar-refractivity contribution in [3.8, 4) is 0 Å². The normalized spacial score (nSPS) is 11.9. The molecule has 2 aromatic carbocycles. The molecule has 0 radical (unpaired) electrons. The predicted molar refractivity (Wildman–Crippen MR) is 101 cm³/mol. The first kappa shape index (κ1) is 17.8. The maximum atomic E-state index is 12.1. The molecule has 24 heavy (non-hydrogen) atoms. The second-order valence-electron chi connectivity index (χ2n) is 6.17. The number of benzene rings is 2. The summed E-state index contributed by atoms with van der Waals surface area (Å²) in [6.45, 7) is 0.535. The molecule has 0 saturated carbocycles. The summed E-state index contributed by atoms with van der Waals surface area (Å²) in [5, 5.41) is 5.78. The fraction of sp³-hybridized carbons (Fsp3) is 0.316. The molecule has 0 spiro atoms. The van der Waals surface area contributed by atoms with E-state index in [-0.39, 0.29) is 12.1 Å². The van der Waals surface area contributed by atoms with E-state index in [1.807, 2.05) is 58.5 Å². The largest absolute Gasteiger partial charge is 0.378 e. The van der Waals surface area contributed by atoms with E-state index < -0.39 is 0 Å². The fourth-order valence-corrected chi connectivity index (χ4v) is 2.48. The van der Waals surface area contributed by atoms with Crippen LogP contribution in [0.25, 0.3) is 0 Å². The van der Waals surface area contributed by atoms with Crippen molar-refractivity contribution in [2.75, 3.05) is 45.0 Å². The third-order valence-electron chi connectivity index (χ3n) is 3.91. The van der Waals surface area contributed by atoms with Crippen molar-refractivity contribution in [1.82, 2.24) is 10.2 Å². The molecule has 0 saturated heterocycles. The van der Waals surface area contributed by atoms with Gasteiger partial charge in [0.25, 0.3) is 0 Å². The number of rotatable bonds is 6. The van der Waals surface area contributed by atoms with Crippen LogP contribution in [0.2, 0.25) is 0 Å². The monoisotopic (exact) mass is 326 g/mol. The molecule has 0 fully saturated rings. The summed E-state index contributed by atoms with van der Waals surface area (Å²) in [6, 6.07) is 17.8. The lowest BCUT2D eigenvalue weighted by molar-refractivity contribution is 0.243. The smallest absolute Gasteiger partial charge is 0.319 e. The second-order valence-corrected chi connectivity index (χ2v) is 6.17. The molecule has 0 bridgehead atoms. The van der Waals surface area contributed by atoms with E-state index in [0.717, 1.165) is 11.4 Å². The van der Waals surface area contributed by atoms with E-state index in [1.54, 1.807) is 0 Å². The first-order valence-electron chi connectivity index (χ1n) is 8.01. The first-order chi connectivity index (χ1) is 11.5. The van der Waals surface area contributed by atoms with Gasteiger partial charge < -0.3 is 20.4 Å². The average Bonchev–Trinajstić information content (AvgIpc) is 2.56. The summed E-state index contributed by atoms with van der Waals surface area (Å²) in [7, 11) is 8.07. The number of hydrogen-bond donors (Lipinski definition) is 2. The number of likely N-dealkylation sites (N-methyl/N-ethyl adjacent to an activating group) is 1. The van der Waals surface area contributed by atoms with E-state index in [2.05, 4.69) is 44.7 Å². The summed E-state index contributed by atoms with van der Waals surface area (Å²) < 4.78 is 0. The number of para-hydroxylation sites is 1. The molecule has 0 unspecified atom stereocenters. The third kappa shape index (κ3) is 4.99. The Balaban J connectivity index is 1.97. The van der Waals surface area contributed by atoms with Crippen molar-refractivity contribution in [3.63, 3.8) is 0 Å². The lowest BCUT2D eigenvalue weighted by atomic mass is 10.1. The number of hydrogen-bond acceptors (Lipinski definition) is 3. The summed E-state index contributed by atoms with van der Waals surface area (Å²) in [4.78, 5) is 16.2. The van der Waals surface area contributed by atoms with Crippen molar-refractivity contribution in [3.05, 3.63) is 60.2 Å². The number of urea groups is 1. The SMILES string of the molecule is CN(C)c1ccc([C@@H](CNC(=O)Nc2ccccc2)N(C)C)cc1. The molecule has 0 aliphatic carbocycles. The van der Waals surface area contributed by atoms with Crippen molar-refractivity contribution >= 4 is 17.4 Å². The van der Waals surface area contributed by atoms with Gasteiger partial charge in [0.1, 0.15) is 0 Å². The Morgan fingerprint density at radius 2 is 1.58 bits per heavy atom. The number of carbonyl (C=O) groups is 1. The minimum Gasteiger partial charge on any atom is -0.378 e. The molecule has 0 aliphatic rings. The Morgan fingerprint density at radius 1 is 0.958 bits per heavy atom. The highest BCUT2D eigenvalue weighted by atomic mass is 16.2. The minimum atomic E-state index is -0.196. The van der Waals surface area contributed by atoms with Crippen molar-refractivity contribution in [2.45, 2.75) is 6.04 Å². The van der Waals surface area contributed by atoms with E-state index in [4.69, 9.17) is 0 Å². The van der Waals surface area contributed by atoms with Crippen LogP contribution in [0.5, 0.6) is 0 Å². The topological polar surface area (TPSA) is 47.6 Å². The predicted octanol–water partition coefficient (Wildman–Crippen LogP) is 3.18. The Kier molecular flexibility index (Phi) is 6.21. The zero-order valence-corrected chi connectivity index (χ0v) is 14.8. The first-order valence-corrected chi connectivity index (χ1v) is 8.01. The third-order valence-corrected chi connectivity index (χ3v) is 3.91. The molecule has 0 aromatic heterocycles. The number of carbonyl (C=O) groups excluding carboxylic acids is 1. The zero-order chi connectivity index (χ0) is 17.5. The standard InChI is InChI=1S/C19H26N4O/c1-22(2)17-12-10-15(11-13-17)18(23(3)4)14-20-19(24)21-16-8-6-5-7-9-16/h5-13,18H,14H2,1-4H3,(H2,20,21,24)/t18-/m1/s1. The van der Waals surface area contributed by atoms with Gasteiger partial charge in [0.05, 0.1) is 6.04 Å². The Labute approximate surface area is 144 Å². The maximum absolute atomic E-state index is 12.1. The Morgan fingerprint density at radius 3 is 2.12 bits per heavy atom. The second kappa shape index (κ2) is 8.36. The van der Waals surface area contributed by atoms with Crippen LogP contribution in [0.1, 0.15) is 11.6 Å².